The molecule has 3 heterocycles. The minimum atomic E-state index is -0.440. The third-order valence-electron chi connectivity index (χ3n) is 5.62. The van der Waals surface area contributed by atoms with Crippen molar-refractivity contribution in [2.45, 2.75) is 52.2 Å². The minimum absolute atomic E-state index is 0.0240. The van der Waals surface area contributed by atoms with E-state index in [2.05, 4.69) is 22.1 Å². The number of hydrogen-bond acceptors (Lipinski definition) is 4. The number of nitrogens with zero attached hydrogens (tertiary/aromatic N) is 4. The van der Waals surface area contributed by atoms with Crippen molar-refractivity contribution < 1.29 is 9.59 Å². The highest BCUT2D eigenvalue weighted by atomic mass is 16.2. The lowest BCUT2D eigenvalue weighted by Gasteiger charge is -2.40. The molecule has 0 fully saturated rings. The van der Waals surface area contributed by atoms with Crippen molar-refractivity contribution in [1.29, 1.82) is 0 Å². The molecule has 0 aliphatic carbocycles. The molecule has 2 aliphatic rings. The van der Waals surface area contributed by atoms with Gasteiger partial charge in [-0.25, -0.2) is 9.97 Å². The number of fused-ring (bicyclic) bond motifs is 2. The van der Waals surface area contributed by atoms with Gasteiger partial charge in [-0.1, -0.05) is 38.1 Å². The van der Waals surface area contributed by atoms with Crippen molar-refractivity contribution in [1.82, 2.24) is 19.8 Å². The zero-order valence-electron chi connectivity index (χ0n) is 16.5. The predicted molar refractivity (Wildman–Crippen MR) is 105 cm³/mol. The largest absolute Gasteiger partial charge is 0.335 e. The summed E-state index contributed by atoms with van der Waals surface area (Å²) in [5.74, 6) is 0.345. The fraction of sp³-hybridized carbons (Fsp3) is 0.455. The van der Waals surface area contributed by atoms with E-state index >= 15 is 0 Å². The summed E-state index contributed by atoms with van der Waals surface area (Å²) in [5, 5.41) is 0. The van der Waals surface area contributed by atoms with Gasteiger partial charge in [0.1, 0.15) is 12.4 Å². The number of aromatic nitrogens is 2. The molecule has 1 aromatic heterocycles. The quantitative estimate of drug-likeness (QED) is 0.822. The Bertz CT molecular complexity index is 896. The second-order valence-corrected chi connectivity index (χ2v) is 8.11. The van der Waals surface area contributed by atoms with Crippen LogP contribution < -0.4 is 0 Å². The molecule has 146 valence electrons. The van der Waals surface area contributed by atoms with Crippen LogP contribution in [0, 0.1) is 5.92 Å². The summed E-state index contributed by atoms with van der Waals surface area (Å²) in [6.07, 6.45) is 5.15. The molecule has 0 unspecified atom stereocenters. The monoisotopic (exact) mass is 378 g/mol. The van der Waals surface area contributed by atoms with Crippen molar-refractivity contribution in [3.8, 4) is 0 Å². The Labute approximate surface area is 165 Å². The van der Waals surface area contributed by atoms with Gasteiger partial charge in [0, 0.05) is 32.1 Å². The summed E-state index contributed by atoms with van der Waals surface area (Å²) in [4.78, 5) is 38.5. The highest BCUT2D eigenvalue weighted by Crippen LogP contribution is 2.27. The number of hydrogen-bond donors (Lipinski definition) is 0. The second kappa shape index (κ2) is 7.70. The normalized spacial score (nSPS) is 18.6. The number of carbonyl (C=O) groups excluding carboxylic acids is 2. The number of rotatable bonds is 3. The Kier molecular flexibility index (Phi) is 5.11. The first-order valence-electron chi connectivity index (χ1n) is 9.95. The van der Waals surface area contributed by atoms with Crippen molar-refractivity contribution in [3.63, 3.8) is 0 Å². The van der Waals surface area contributed by atoms with Crippen molar-refractivity contribution in [3.05, 3.63) is 59.2 Å². The van der Waals surface area contributed by atoms with Gasteiger partial charge in [-0.15, -0.1) is 0 Å². The summed E-state index contributed by atoms with van der Waals surface area (Å²) >= 11 is 0. The van der Waals surface area contributed by atoms with Crippen LogP contribution in [0.5, 0.6) is 0 Å². The van der Waals surface area contributed by atoms with Gasteiger partial charge in [-0.3, -0.25) is 9.59 Å². The van der Waals surface area contributed by atoms with Gasteiger partial charge in [0.15, 0.2) is 0 Å². The van der Waals surface area contributed by atoms with E-state index in [4.69, 9.17) is 0 Å². The highest BCUT2D eigenvalue weighted by Gasteiger charge is 2.37. The van der Waals surface area contributed by atoms with Gasteiger partial charge >= 0.3 is 0 Å². The minimum Gasteiger partial charge on any atom is -0.335 e. The van der Waals surface area contributed by atoms with Crippen molar-refractivity contribution in [2.24, 2.45) is 5.92 Å². The lowest BCUT2D eigenvalue weighted by molar-refractivity contribution is -0.148. The van der Waals surface area contributed by atoms with Crippen LogP contribution in [0.4, 0.5) is 0 Å². The standard InChI is InChI=1S/C22H26N4O2/c1-15(2)9-21(27)26-12-18-6-4-3-5-16(18)10-20(26)22(28)25-8-7-17-11-23-14-24-19(17)13-25/h3-6,11,14-15,20H,7-10,12-13H2,1-2H3/t20-/m0/s1. The first-order valence-corrected chi connectivity index (χ1v) is 9.95. The van der Waals surface area contributed by atoms with E-state index in [1.807, 2.05) is 37.1 Å². The van der Waals surface area contributed by atoms with Crippen molar-refractivity contribution in [2.75, 3.05) is 6.54 Å². The van der Waals surface area contributed by atoms with E-state index in [0.29, 0.717) is 32.5 Å². The summed E-state index contributed by atoms with van der Waals surface area (Å²) in [6, 6.07) is 7.68. The molecule has 0 saturated carbocycles. The predicted octanol–water partition coefficient (Wildman–Crippen LogP) is 2.36. The molecule has 0 N–H and O–H groups in total. The van der Waals surface area contributed by atoms with Crippen LogP contribution in [0.25, 0.3) is 0 Å². The fourth-order valence-corrected chi connectivity index (χ4v) is 4.12. The number of benzene rings is 1. The molecule has 28 heavy (non-hydrogen) atoms. The molecule has 0 spiro atoms. The van der Waals surface area contributed by atoms with E-state index in [0.717, 1.165) is 28.8 Å². The van der Waals surface area contributed by atoms with Gasteiger partial charge in [-0.05, 0) is 29.0 Å². The van der Waals surface area contributed by atoms with E-state index < -0.39 is 6.04 Å². The third-order valence-corrected chi connectivity index (χ3v) is 5.62. The van der Waals surface area contributed by atoms with Gasteiger partial charge in [0.25, 0.3) is 0 Å². The zero-order valence-corrected chi connectivity index (χ0v) is 16.5. The number of amides is 2. The molecule has 4 rings (SSSR count). The Morgan fingerprint density at radius 2 is 1.93 bits per heavy atom. The van der Waals surface area contributed by atoms with Crippen LogP contribution >= 0.6 is 0 Å². The molecule has 0 bridgehead atoms. The Morgan fingerprint density at radius 3 is 2.71 bits per heavy atom. The van der Waals surface area contributed by atoms with E-state index in [1.165, 1.54) is 6.33 Å². The number of carbonyl (C=O) groups is 2. The maximum absolute atomic E-state index is 13.5. The van der Waals surface area contributed by atoms with Crippen LogP contribution in [-0.2, 0) is 35.5 Å². The first kappa shape index (κ1) is 18.6. The van der Waals surface area contributed by atoms with Crippen LogP contribution in [-0.4, -0.2) is 44.2 Å². The Balaban J connectivity index is 1.59. The molecule has 6 nitrogen and oxygen atoms in total. The molecule has 1 atom stereocenters. The second-order valence-electron chi connectivity index (χ2n) is 8.11. The molecular formula is C22H26N4O2. The van der Waals surface area contributed by atoms with Gasteiger partial charge in [0.2, 0.25) is 11.8 Å². The zero-order chi connectivity index (χ0) is 19.7. The lowest BCUT2D eigenvalue weighted by atomic mass is 9.92. The molecule has 2 aromatic rings. The Hall–Kier alpha value is -2.76. The topological polar surface area (TPSA) is 66.4 Å². The smallest absolute Gasteiger partial charge is 0.246 e. The molecule has 1 aromatic carbocycles. The maximum Gasteiger partial charge on any atom is 0.246 e. The third kappa shape index (κ3) is 3.63. The lowest BCUT2D eigenvalue weighted by Crippen LogP contribution is -2.54. The highest BCUT2D eigenvalue weighted by molar-refractivity contribution is 5.88. The fourth-order valence-electron chi connectivity index (χ4n) is 4.12. The Morgan fingerprint density at radius 1 is 1.14 bits per heavy atom. The SMILES string of the molecule is CC(C)CC(=O)N1Cc2ccccc2C[C@H]1C(=O)N1CCc2cncnc2C1. The van der Waals surface area contributed by atoms with Gasteiger partial charge < -0.3 is 9.80 Å². The molecule has 6 heteroatoms. The van der Waals surface area contributed by atoms with Crippen LogP contribution in [0.3, 0.4) is 0 Å². The van der Waals surface area contributed by atoms with E-state index in [1.54, 1.807) is 4.90 Å². The van der Waals surface area contributed by atoms with Crippen LogP contribution in [0.2, 0.25) is 0 Å². The van der Waals surface area contributed by atoms with Crippen LogP contribution in [0.1, 0.15) is 42.7 Å². The van der Waals surface area contributed by atoms with E-state index in [9.17, 15) is 9.59 Å². The summed E-state index contributed by atoms with van der Waals surface area (Å²) in [6.45, 7) is 5.71. The average Bonchev–Trinajstić information content (AvgIpc) is 2.71. The maximum atomic E-state index is 13.5. The molecule has 0 radical (unpaired) electrons. The molecule has 2 aliphatic heterocycles. The molecular weight excluding hydrogens is 352 g/mol. The summed E-state index contributed by atoms with van der Waals surface area (Å²) in [7, 11) is 0. The van der Waals surface area contributed by atoms with E-state index in [-0.39, 0.29) is 17.7 Å². The molecule has 0 saturated heterocycles. The summed E-state index contributed by atoms with van der Waals surface area (Å²) < 4.78 is 0. The van der Waals surface area contributed by atoms with Crippen molar-refractivity contribution >= 4 is 11.8 Å². The molecule has 2 amide bonds. The summed E-state index contributed by atoms with van der Waals surface area (Å²) in [5.41, 5.74) is 4.31. The van der Waals surface area contributed by atoms with Gasteiger partial charge in [0.05, 0.1) is 12.2 Å². The first-order chi connectivity index (χ1) is 13.5. The van der Waals surface area contributed by atoms with Crippen LogP contribution in [0.15, 0.2) is 36.8 Å². The average molecular weight is 378 g/mol. The van der Waals surface area contributed by atoms with Gasteiger partial charge in [-0.2, -0.15) is 0 Å².